The van der Waals surface area contributed by atoms with E-state index in [0.717, 1.165) is 40.4 Å². The van der Waals surface area contributed by atoms with Gasteiger partial charge in [0.1, 0.15) is 5.75 Å². The van der Waals surface area contributed by atoms with Gasteiger partial charge in [0.2, 0.25) is 5.92 Å². The summed E-state index contributed by atoms with van der Waals surface area (Å²) < 4.78 is 34.8. The molecular formula is C23H26F2N2O3S2. The molecule has 0 bridgehead atoms. The van der Waals surface area contributed by atoms with Gasteiger partial charge in [0.15, 0.2) is 0 Å². The lowest BCUT2D eigenvalue weighted by molar-refractivity contribution is -0.131. The number of hydrogen-bond acceptors (Lipinski definition) is 6. The van der Waals surface area contributed by atoms with Crippen LogP contribution in [0, 0.1) is 0 Å². The summed E-state index contributed by atoms with van der Waals surface area (Å²) in [7, 11) is 1.91. The molecule has 1 aliphatic heterocycles. The molecule has 0 amide bonds. The first-order valence-corrected chi connectivity index (χ1v) is 12.1. The van der Waals surface area contributed by atoms with Crippen LogP contribution >= 0.6 is 23.7 Å². The van der Waals surface area contributed by atoms with Gasteiger partial charge in [-0.1, -0.05) is 18.2 Å². The number of nitrogens with zero attached hydrogens (tertiary/aromatic N) is 2. The lowest BCUT2D eigenvalue weighted by atomic mass is 10.1. The highest BCUT2D eigenvalue weighted by Gasteiger charge is 2.31. The molecule has 1 unspecified atom stereocenters. The number of carboxylic acid groups (broad SMARTS) is 1. The van der Waals surface area contributed by atoms with Crippen LogP contribution < -0.4 is 9.64 Å². The maximum absolute atomic E-state index is 13.6. The zero-order valence-electron chi connectivity index (χ0n) is 18.1. The Balaban J connectivity index is 2.02. The molecule has 5 nitrogen and oxygen atoms in total. The van der Waals surface area contributed by atoms with E-state index in [4.69, 9.17) is 9.84 Å². The van der Waals surface area contributed by atoms with Crippen molar-refractivity contribution in [3.05, 3.63) is 54.8 Å². The summed E-state index contributed by atoms with van der Waals surface area (Å²) in [5.41, 5.74) is 1.93. The molecule has 0 fully saturated rings. The normalized spacial score (nSPS) is 17.3. The minimum atomic E-state index is -2.72. The Bertz CT molecular complexity index is 968. The first-order valence-electron chi connectivity index (χ1n) is 10.1. The van der Waals surface area contributed by atoms with Crippen molar-refractivity contribution in [2.24, 2.45) is 0 Å². The summed E-state index contributed by atoms with van der Waals surface area (Å²) in [5.74, 6) is -3.27. The van der Waals surface area contributed by atoms with E-state index in [1.807, 2.05) is 60.1 Å². The van der Waals surface area contributed by atoms with Crippen molar-refractivity contribution in [2.75, 3.05) is 24.7 Å². The first kappa shape index (κ1) is 24.4. The van der Waals surface area contributed by atoms with Crippen LogP contribution in [-0.4, -0.2) is 47.2 Å². The SMILES string of the molecule is CSc1cc2c(cc1O/C=C/C(=O)O)SN(C)C(CCC(C)(F)F)CN2c1ccccc1. The van der Waals surface area contributed by atoms with Crippen molar-refractivity contribution in [2.45, 2.75) is 41.5 Å². The Morgan fingerprint density at radius 1 is 1.34 bits per heavy atom. The summed E-state index contributed by atoms with van der Waals surface area (Å²) in [6.45, 7) is 1.52. The minimum absolute atomic E-state index is 0.104. The lowest BCUT2D eigenvalue weighted by Crippen LogP contribution is -2.36. The van der Waals surface area contributed by atoms with E-state index in [1.54, 1.807) is 0 Å². The average molecular weight is 481 g/mol. The Morgan fingerprint density at radius 2 is 2.06 bits per heavy atom. The smallest absolute Gasteiger partial charge is 0.331 e. The highest BCUT2D eigenvalue weighted by Crippen LogP contribution is 2.46. The molecule has 0 aliphatic carbocycles. The fraction of sp³-hybridized carbons (Fsp3) is 0.348. The summed E-state index contributed by atoms with van der Waals surface area (Å²) in [6.07, 6.45) is 4.17. The number of fused-ring (bicyclic) bond motifs is 1. The molecule has 0 saturated heterocycles. The van der Waals surface area contributed by atoms with Crippen LogP contribution in [0.1, 0.15) is 19.8 Å². The van der Waals surface area contributed by atoms with Crippen molar-refractivity contribution in [1.29, 1.82) is 0 Å². The zero-order chi connectivity index (χ0) is 23.3. The molecule has 32 heavy (non-hydrogen) atoms. The third kappa shape index (κ3) is 6.40. The predicted molar refractivity (Wildman–Crippen MR) is 126 cm³/mol. The number of anilines is 2. The van der Waals surface area contributed by atoms with Crippen molar-refractivity contribution < 1.29 is 23.4 Å². The highest BCUT2D eigenvalue weighted by molar-refractivity contribution is 7.98. The number of thioether (sulfide) groups is 1. The monoisotopic (exact) mass is 480 g/mol. The molecule has 1 aliphatic rings. The van der Waals surface area contributed by atoms with Crippen molar-refractivity contribution in [3.8, 4) is 5.75 Å². The van der Waals surface area contributed by atoms with Gasteiger partial charge in [0, 0.05) is 24.7 Å². The fourth-order valence-corrected chi connectivity index (χ4v) is 5.02. The molecule has 0 saturated carbocycles. The summed E-state index contributed by atoms with van der Waals surface area (Å²) >= 11 is 2.97. The number of alkyl halides is 2. The number of rotatable bonds is 8. The molecule has 9 heteroatoms. The molecule has 1 heterocycles. The topological polar surface area (TPSA) is 53.0 Å². The molecule has 3 rings (SSSR count). The second kappa shape index (κ2) is 10.6. The number of ether oxygens (including phenoxy) is 1. The first-order chi connectivity index (χ1) is 15.2. The predicted octanol–water partition coefficient (Wildman–Crippen LogP) is 6.28. The number of likely N-dealkylation sites (N-methyl/N-ethyl adjacent to an activating group) is 1. The maximum atomic E-state index is 13.6. The Hall–Kier alpha value is -2.23. The number of aliphatic carboxylic acids is 1. The van der Waals surface area contributed by atoms with Gasteiger partial charge < -0.3 is 14.7 Å². The van der Waals surface area contributed by atoms with Crippen LogP contribution in [-0.2, 0) is 4.79 Å². The van der Waals surface area contributed by atoms with Gasteiger partial charge in [0.25, 0.3) is 0 Å². The van der Waals surface area contributed by atoms with Gasteiger partial charge in [-0.15, -0.1) is 11.8 Å². The Kier molecular flexibility index (Phi) is 8.08. The molecule has 2 aromatic carbocycles. The van der Waals surface area contributed by atoms with Crippen molar-refractivity contribution in [3.63, 3.8) is 0 Å². The van der Waals surface area contributed by atoms with Gasteiger partial charge in [-0.25, -0.2) is 17.9 Å². The van der Waals surface area contributed by atoms with E-state index in [1.165, 1.54) is 23.7 Å². The summed E-state index contributed by atoms with van der Waals surface area (Å²) in [5, 5.41) is 8.84. The van der Waals surface area contributed by atoms with Gasteiger partial charge in [-0.2, -0.15) is 0 Å². The fourth-order valence-electron chi connectivity index (χ4n) is 3.43. The maximum Gasteiger partial charge on any atom is 0.331 e. The third-order valence-electron chi connectivity index (χ3n) is 5.08. The van der Waals surface area contributed by atoms with E-state index < -0.39 is 11.9 Å². The van der Waals surface area contributed by atoms with Crippen LogP contribution in [0.4, 0.5) is 20.2 Å². The number of carbonyl (C=O) groups is 1. The lowest BCUT2D eigenvalue weighted by Gasteiger charge is -2.30. The third-order valence-corrected chi connectivity index (χ3v) is 6.94. The number of halogens is 2. The number of benzene rings is 2. The largest absolute Gasteiger partial charge is 0.478 e. The van der Waals surface area contributed by atoms with Gasteiger partial charge in [-0.3, -0.25) is 0 Å². The molecule has 172 valence electrons. The molecule has 0 aromatic heterocycles. The van der Waals surface area contributed by atoms with Crippen molar-refractivity contribution in [1.82, 2.24) is 4.31 Å². The van der Waals surface area contributed by atoms with Gasteiger partial charge in [0.05, 0.1) is 27.8 Å². The molecule has 1 atom stereocenters. The zero-order valence-corrected chi connectivity index (χ0v) is 19.8. The van der Waals surface area contributed by atoms with E-state index in [0.29, 0.717) is 18.7 Å². The number of hydrogen-bond donors (Lipinski definition) is 1. The minimum Gasteiger partial charge on any atom is -0.478 e. The molecule has 0 spiro atoms. The average Bonchev–Trinajstić information content (AvgIpc) is 2.87. The van der Waals surface area contributed by atoms with Crippen molar-refractivity contribution >= 4 is 41.1 Å². The van der Waals surface area contributed by atoms with E-state index in [2.05, 4.69) is 4.90 Å². The van der Waals surface area contributed by atoms with Crippen LogP contribution in [0.5, 0.6) is 5.75 Å². The molecule has 1 N–H and O–H groups in total. The molecular weight excluding hydrogens is 454 g/mol. The van der Waals surface area contributed by atoms with Crippen LogP contribution in [0.3, 0.4) is 0 Å². The van der Waals surface area contributed by atoms with Crippen LogP contribution in [0.2, 0.25) is 0 Å². The number of para-hydroxylation sites is 1. The Morgan fingerprint density at radius 3 is 2.69 bits per heavy atom. The van der Waals surface area contributed by atoms with Crippen LogP contribution in [0.25, 0.3) is 0 Å². The molecule has 0 radical (unpaired) electrons. The Labute approximate surface area is 195 Å². The van der Waals surface area contributed by atoms with E-state index in [9.17, 15) is 13.6 Å². The van der Waals surface area contributed by atoms with Gasteiger partial charge >= 0.3 is 5.97 Å². The van der Waals surface area contributed by atoms with E-state index in [-0.39, 0.29) is 12.5 Å². The van der Waals surface area contributed by atoms with Crippen LogP contribution in [0.15, 0.2) is 64.6 Å². The second-order valence-corrected chi connectivity index (χ2v) is 9.62. The quantitative estimate of drug-likeness (QED) is 0.206. The second-order valence-electron chi connectivity index (χ2n) is 7.58. The van der Waals surface area contributed by atoms with Gasteiger partial charge in [-0.05, 0) is 62.9 Å². The standard InChI is InChI=1S/C23H26F2N2O3S2/c1-23(24,25)11-9-17-15-27(16-7-5-4-6-8-16)18-13-21(31-3)19(30-12-10-22(28)29)14-20(18)32-26(17)2/h4-8,10,12-14,17H,9,11,15H2,1-3H3,(H,28,29)/b12-10+. The number of carboxylic acids is 1. The molecule has 2 aromatic rings. The highest BCUT2D eigenvalue weighted by atomic mass is 32.2. The van der Waals surface area contributed by atoms with E-state index >= 15 is 0 Å². The summed E-state index contributed by atoms with van der Waals surface area (Å²) in [6, 6.07) is 13.6. The summed E-state index contributed by atoms with van der Waals surface area (Å²) in [4.78, 5) is 14.7.